The number of primary amides is 1. The number of nitrogens with two attached hydrogens (primary N) is 1. The molecule has 0 spiro atoms. The van der Waals surface area contributed by atoms with Crippen molar-refractivity contribution in [2.24, 2.45) is 5.73 Å². The van der Waals surface area contributed by atoms with E-state index in [1.165, 1.54) is 7.11 Å². The lowest BCUT2D eigenvalue weighted by atomic mass is 10.1. The van der Waals surface area contributed by atoms with Gasteiger partial charge in [0.25, 0.3) is 0 Å². The van der Waals surface area contributed by atoms with E-state index in [9.17, 15) is 9.59 Å². The third kappa shape index (κ3) is 3.27. The highest BCUT2D eigenvalue weighted by atomic mass is 16.5. The molecule has 15 heavy (non-hydrogen) atoms. The number of ether oxygens (including phenoxy) is 1. The molecule has 0 aliphatic heterocycles. The van der Waals surface area contributed by atoms with E-state index in [-0.39, 0.29) is 5.78 Å². The van der Waals surface area contributed by atoms with Crippen molar-refractivity contribution in [1.82, 2.24) is 0 Å². The number of ketones is 1. The predicted molar refractivity (Wildman–Crippen MR) is 55.7 cm³/mol. The van der Waals surface area contributed by atoms with Crippen molar-refractivity contribution in [3.63, 3.8) is 0 Å². The van der Waals surface area contributed by atoms with Crippen LogP contribution < -0.4 is 10.5 Å². The van der Waals surface area contributed by atoms with Crippen molar-refractivity contribution in [2.45, 2.75) is 0 Å². The van der Waals surface area contributed by atoms with Gasteiger partial charge in [-0.15, -0.1) is 0 Å². The van der Waals surface area contributed by atoms with Crippen molar-refractivity contribution in [2.75, 3.05) is 7.11 Å². The van der Waals surface area contributed by atoms with E-state index in [0.717, 1.165) is 12.2 Å². The fourth-order valence-electron chi connectivity index (χ4n) is 1.03. The van der Waals surface area contributed by atoms with Crippen molar-refractivity contribution < 1.29 is 14.3 Å². The van der Waals surface area contributed by atoms with E-state index >= 15 is 0 Å². The number of methoxy groups -OCH3 is 1. The van der Waals surface area contributed by atoms with Crippen LogP contribution in [0.2, 0.25) is 0 Å². The van der Waals surface area contributed by atoms with Crippen LogP contribution in [0.1, 0.15) is 10.4 Å². The maximum absolute atomic E-state index is 11.5. The van der Waals surface area contributed by atoms with Crippen LogP contribution in [0.5, 0.6) is 5.75 Å². The van der Waals surface area contributed by atoms with E-state index < -0.39 is 5.91 Å². The lowest BCUT2D eigenvalue weighted by Crippen LogP contribution is -2.07. The molecule has 1 rings (SSSR count). The highest BCUT2D eigenvalue weighted by molar-refractivity contribution is 6.07. The lowest BCUT2D eigenvalue weighted by molar-refractivity contribution is -0.113. The Morgan fingerprint density at radius 3 is 2.67 bits per heavy atom. The van der Waals surface area contributed by atoms with Crippen LogP contribution in [-0.2, 0) is 4.79 Å². The van der Waals surface area contributed by atoms with Crippen molar-refractivity contribution in [1.29, 1.82) is 0 Å². The Bertz CT molecular complexity index is 410. The standard InChI is InChI=1S/C11H11NO3/c1-15-9-4-2-3-8(7-9)10(13)5-6-11(12)14/h2-7H,1H3,(H2,12,14)/b6-5+. The van der Waals surface area contributed by atoms with E-state index in [4.69, 9.17) is 10.5 Å². The molecule has 4 heteroatoms. The zero-order valence-electron chi connectivity index (χ0n) is 8.27. The number of carbonyl (C=O) groups excluding carboxylic acids is 2. The molecule has 4 nitrogen and oxygen atoms in total. The van der Waals surface area contributed by atoms with Gasteiger partial charge in [-0.1, -0.05) is 12.1 Å². The van der Waals surface area contributed by atoms with Gasteiger partial charge in [0.1, 0.15) is 5.75 Å². The summed E-state index contributed by atoms with van der Waals surface area (Å²) >= 11 is 0. The molecule has 0 radical (unpaired) electrons. The van der Waals surface area contributed by atoms with Gasteiger partial charge in [0.15, 0.2) is 5.78 Å². The van der Waals surface area contributed by atoms with Gasteiger partial charge >= 0.3 is 0 Å². The zero-order valence-corrected chi connectivity index (χ0v) is 8.27. The number of amides is 1. The number of hydrogen-bond donors (Lipinski definition) is 1. The average molecular weight is 205 g/mol. The number of rotatable bonds is 4. The molecule has 0 heterocycles. The minimum atomic E-state index is -0.647. The van der Waals surface area contributed by atoms with Crippen LogP contribution in [0.25, 0.3) is 0 Å². The molecule has 2 N–H and O–H groups in total. The molecule has 78 valence electrons. The Morgan fingerprint density at radius 2 is 2.07 bits per heavy atom. The molecule has 1 aromatic carbocycles. The third-order valence-electron chi connectivity index (χ3n) is 1.75. The topological polar surface area (TPSA) is 69.4 Å². The van der Waals surface area contributed by atoms with E-state index in [2.05, 4.69) is 0 Å². The van der Waals surface area contributed by atoms with Crippen LogP contribution in [0.4, 0.5) is 0 Å². The molecule has 0 atom stereocenters. The minimum Gasteiger partial charge on any atom is -0.497 e. The summed E-state index contributed by atoms with van der Waals surface area (Å²) < 4.78 is 4.96. The molecule has 0 fully saturated rings. The highest BCUT2D eigenvalue weighted by Gasteiger charge is 2.02. The first-order valence-electron chi connectivity index (χ1n) is 4.29. The molecule has 0 aliphatic rings. The number of hydrogen-bond acceptors (Lipinski definition) is 3. The number of allylic oxidation sites excluding steroid dienone is 1. The van der Waals surface area contributed by atoms with Crippen LogP contribution in [0, 0.1) is 0 Å². The lowest BCUT2D eigenvalue weighted by Gasteiger charge is -2.00. The first-order chi connectivity index (χ1) is 7.13. The van der Waals surface area contributed by atoms with Gasteiger partial charge < -0.3 is 10.5 Å². The summed E-state index contributed by atoms with van der Waals surface area (Å²) in [7, 11) is 1.52. The van der Waals surface area contributed by atoms with E-state index in [1.54, 1.807) is 24.3 Å². The summed E-state index contributed by atoms with van der Waals surface area (Å²) in [6, 6.07) is 6.66. The summed E-state index contributed by atoms with van der Waals surface area (Å²) in [4.78, 5) is 21.9. The summed E-state index contributed by atoms with van der Waals surface area (Å²) in [5, 5.41) is 0. The first kappa shape index (κ1) is 11.0. The Morgan fingerprint density at radius 1 is 1.33 bits per heavy atom. The highest BCUT2D eigenvalue weighted by Crippen LogP contribution is 2.13. The summed E-state index contributed by atoms with van der Waals surface area (Å²) in [6.45, 7) is 0. The molecular formula is C11H11NO3. The molecule has 1 amide bonds. The van der Waals surface area contributed by atoms with Crippen LogP contribution in [-0.4, -0.2) is 18.8 Å². The Balaban J connectivity index is 2.86. The van der Waals surface area contributed by atoms with Crippen molar-refractivity contribution in [3.05, 3.63) is 42.0 Å². The second kappa shape index (κ2) is 4.95. The number of benzene rings is 1. The largest absolute Gasteiger partial charge is 0.497 e. The Labute approximate surface area is 87.3 Å². The van der Waals surface area contributed by atoms with E-state index in [1.807, 2.05) is 0 Å². The molecule has 1 aromatic rings. The van der Waals surface area contributed by atoms with Crippen LogP contribution in [0.15, 0.2) is 36.4 Å². The minimum absolute atomic E-state index is 0.285. The smallest absolute Gasteiger partial charge is 0.241 e. The summed E-state index contributed by atoms with van der Waals surface area (Å²) in [5.74, 6) is -0.340. The Kier molecular flexibility index (Phi) is 3.62. The van der Waals surface area contributed by atoms with Gasteiger partial charge in [0.05, 0.1) is 7.11 Å². The monoisotopic (exact) mass is 205 g/mol. The zero-order chi connectivity index (χ0) is 11.3. The fourth-order valence-corrected chi connectivity index (χ4v) is 1.03. The van der Waals surface area contributed by atoms with Gasteiger partial charge in [0.2, 0.25) is 5.91 Å². The molecule has 0 aromatic heterocycles. The number of carbonyl (C=O) groups is 2. The summed E-state index contributed by atoms with van der Waals surface area (Å²) in [6.07, 6.45) is 2.17. The average Bonchev–Trinajstić information content (AvgIpc) is 2.26. The van der Waals surface area contributed by atoms with Gasteiger partial charge in [-0.3, -0.25) is 9.59 Å². The fraction of sp³-hybridized carbons (Fsp3) is 0.0909. The SMILES string of the molecule is COc1cccc(C(=O)/C=C/C(N)=O)c1. The second-order valence-electron chi connectivity index (χ2n) is 2.83. The molecule has 0 unspecified atom stereocenters. The molecule has 0 saturated carbocycles. The molecule has 0 saturated heterocycles. The van der Waals surface area contributed by atoms with E-state index in [0.29, 0.717) is 11.3 Å². The third-order valence-corrected chi connectivity index (χ3v) is 1.75. The molecule has 0 bridgehead atoms. The Hall–Kier alpha value is -2.10. The predicted octanol–water partition coefficient (Wildman–Crippen LogP) is 0.919. The normalized spacial score (nSPS) is 10.2. The van der Waals surface area contributed by atoms with Crippen molar-refractivity contribution in [3.8, 4) is 5.75 Å². The van der Waals surface area contributed by atoms with Gasteiger partial charge in [-0.25, -0.2) is 0 Å². The maximum atomic E-state index is 11.5. The van der Waals surface area contributed by atoms with Gasteiger partial charge in [-0.05, 0) is 18.2 Å². The van der Waals surface area contributed by atoms with Crippen LogP contribution in [0.3, 0.4) is 0 Å². The van der Waals surface area contributed by atoms with Gasteiger partial charge in [-0.2, -0.15) is 0 Å². The van der Waals surface area contributed by atoms with Gasteiger partial charge in [0, 0.05) is 11.6 Å². The second-order valence-corrected chi connectivity index (χ2v) is 2.83. The maximum Gasteiger partial charge on any atom is 0.241 e. The van der Waals surface area contributed by atoms with Crippen molar-refractivity contribution >= 4 is 11.7 Å². The first-order valence-corrected chi connectivity index (χ1v) is 4.29. The molecular weight excluding hydrogens is 194 g/mol. The molecule has 0 aliphatic carbocycles. The van der Waals surface area contributed by atoms with Crippen LogP contribution >= 0.6 is 0 Å². The summed E-state index contributed by atoms with van der Waals surface area (Å²) in [5.41, 5.74) is 5.32. The quantitative estimate of drug-likeness (QED) is 0.587.